The average molecular weight is 389 g/mol. The number of sulfonamides is 1. The monoisotopic (exact) mass is 388 g/mol. The van der Waals surface area contributed by atoms with Gasteiger partial charge in [0.2, 0.25) is 10.0 Å². The van der Waals surface area contributed by atoms with E-state index in [9.17, 15) is 8.42 Å². The number of guanidine groups is 1. The molecule has 0 aromatic heterocycles. The summed E-state index contributed by atoms with van der Waals surface area (Å²) in [6.07, 6.45) is 1.74. The molecule has 4 N–H and O–H groups in total. The van der Waals surface area contributed by atoms with Crippen molar-refractivity contribution in [1.29, 1.82) is 0 Å². The number of nitrogens with one attached hydrogen (secondary N) is 2. The maximum atomic E-state index is 11.3. The fourth-order valence-electron chi connectivity index (χ4n) is 2.73. The van der Waals surface area contributed by atoms with Gasteiger partial charge in [-0.2, -0.15) is 0 Å². The maximum Gasteiger partial charge on any atom is 0.238 e. The second-order valence-electron chi connectivity index (χ2n) is 6.18. The number of aryl methyl sites for hydroxylation is 1. The highest BCUT2D eigenvalue weighted by Gasteiger charge is 2.07. The maximum absolute atomic E-state index is 11.3. The smallest absolute Gasteiger partial charge is 0.238 e. The summed E-state index contributed by atoms with van der Waals surface area (Å²) in [7, 11) is -3.65. The van der Waals surface area contributed by atoms with Gasteiger partial charge in [0.15, 0.2) is 5.96 Å². The molecule has 0 saturated heterocycles. The van der Waals surface area contributed by atoms with E-state index < -0.39 is 10.0 Å². The fraction of sp³-hybridized carbons (Fsp3) is 0.350. The number of hydrogen-bond acceptors (Lipinski definition) is 3. The predicted molar refractivity (Wildman–Crippen MR) is 110 cm³/mol. The molecular weight excluding hydrogens is 360 g/mol. The van der Waals surface area contributed by atoms with E-state index in [-0.39, 0.29) is 4.90 Å². The Morgan fingerprint density at radius 1 is 1.00 bits per heavy atom. The lowest BCUT2D eigenvalue weighted by molar-refractivity contribution is 0.598. The molecule has 0 fully saturated rings. The molecule has 0 radical (unpaired) electrons. The zero-order valence-corrected chi connectivity index (χ0v) is 16.7. The molecule has 0 unspecified atom stereocenters. The number of benzene rings is 2. The number of hydrogen-bond donors (Lipinski definition) is 3. The Kier molecular flexibility index (Phi) is 7.82. The summed E-state index contributed by atoms with van der Waals surface area (Å²) in [5.74, 6) is 0.768. The third kappa shape index (κ3) is 6.69. The van der Waals surface area contributed by atoms with E-state index in [1.54, 1.807) is 12.1 Å². The van der Waals surface area contributed by atoms with Crippen molar-refractivity contribution < 1.29 is 8.42 Å². The van der Waals surface area contributed by atoms with Gasteiger partial charge in [-0.05, 0) is 48.6 Å². The normalized spacial score (nSPS) is 12.0. The van der Waals surface area contributed by atoms with Gasteiger partial charge >= 0.3 is 0 Å². The van der Waals surface area contributed by atoms with E-state index in [0.29, 0.717) is 13.1 Å². The van der Waals surface area contributed by atoms with Gasteiger partial charge in [0, 0.05) is 13.1 Å². The van der Waals surface area contributed by atoms with Crippen LogP contribution in [0.15, 0.2) is 58.4 Å². The minimum Gasteiger partial charge on any atom is -0.357 e. The van der Waals surface area contributed by atoms with Crippen LogP contribution < -0.4 is 15.8 Å². The van der Waals surface area contributed by atoms with Gasteiger partial charge in [-0.3, -0.25) is 0 Å². The minimum absolute atomic E-state index is 0.128. The first kappa shape index (κ1) is 20.9. The van der Waals surface area contributed by atoms with Crippen molar-refractivity contribution in [3.63, 3.8) is 0 Å². The first-order chi connectivity index (χ1) is 12.9. The van der Waals surface area contributed by atoms with Crippen LogP contribution in [0.4, 0.5) is 0 Å². The minimum atomic E-state index is -3.65. The summed E-state index contributed by atoms with van der Waals surface area (Å²) in [5.41, 5.74) is 3.57. The second-order valence-corrected chi connectivity index (χ2v) is 7.74. The molecule has 146 valence electrons. The van der Waals surface area contributed by atoms with Crippen LogP contribution in [0.1, 0.15) is 30.5 Å². The van der Waals surface area contributed by atoms with Crippen molar-refractivity contribution in [2.45, 2.75) is 38.1 Å². The van der Waals surface area contributed by atoms with Crippen LogP contribution in [0.5, 0.6) is 0 Å². The SMILES string of the molecule is CCNC(=NCc1ccccc1CC)NCCc1ccc(S(N)(=O)=O)cc1. The first-order valence-corrected chi connectivity index (χ1v) is 10.7. The van der Waals surface area contributed by atoms with Gasteiger partial charge < -0.3 is 10.6 Å². The van der Waals surface area contributed by atoms with Gasteiger partial charge in [0.25, 0.3) is 0 Å². The van der Waals surface area contributed by atoms with E-state index in [1.165, 1.54) is 23.3 Å². The molecule has 0 bridgehead atoms. The Bertz CT molecular complexity index is 862. The van der Waals surface area contributed by atoms with Crippen LogP contribution >= 0.6 is 0 Å². The van der Waals surface area contributed by atoms with E-state index in [4.69, 9.17) is 5.14 Å². The van der Waals surface area contributed by atoms with Crippen LogP contribution in [-0.2, 0) is 29.4 Å². The van der Waals surface area contributed by atoms with Crippen LogP contribution in [0.25, 0.3) is 0 Å². The lowest BCUT2D eigenvalue weighted by Gasteiger charge is -2.12. The topological polar surface area (TPSA) is 96.6 Å². The number of rotatable bonds is 8. The van der Waals surface area contributed by atoms with Gasteiger partial charge in [-0.1, -0.05) is 43.3 Å². The number of primary sulfonamides is 1. The predicted octanol–water partition coefficient (Wildman–Crippen LogP) is 2.19. The van der Waals surface area contributed by atoms with Crippen molar-refractivity contribution in [3.8, 4) is 0 Å². The Morgan fingerprint density at radius 2 is 1.67 bits per heavy atom. The molecule has 2 rings (SSSR count). The molecule has 0 aliphatic carbocycles. The Balaban J connectivity index is 1.94. The molecule has 0 heterocycles. The molecule has 0 atom stereocenters. The molecule has 7 heteroatoms. The largest absolute Gasteiger partial charge is 0.357 e. The number of aliphatic imine (C=N–C) groups is 1. The van der Waals surface area contributed by atoms with E-state index in [2.05, 4.69) is 40.7 Å². The van der Waals surface area contributed by atoms with Crippen molar-refractivity contribution in [2.24, 2.45) is 10.1 Å². The van der Waals surface area contributed by atoms with Gasteiger partial charge in [-0.25, -0.2) is 18.5 Å². The highest BCUT2D eigenvalue weighted by Crippen LogP contribution is 2.11. The second kappa shape index (κ2) is 10.1. The molecule has 0 spiro atoms. The highest BCUT2D eigenvalue weighted by atomic mass is 32.2. The molecule has 0 saturated carbocycles. The van der Waals surface area contributed by atoms with Crippen LogP contribution in [0, 0.1) is 0 Å². The van der Waals surface area contributed by atoms with Crippen molar-refractivity contribution in [1.82, 2.24) is 10.6 Å². The van der Waals surface area contributed by atoms with Crippen molar-refractivity contribution in [2.75, 3.05) is 13.1 Å². The Labute approximate surface area is 162 Å². The molecule has 0 aliphatic heterocycles. The zero-order chi connectivity index (χ0) is 19.7. The van der Waals surface area contributed by atoms with Gasteiger partial charge in [-0.15, -0.1) is 0 Å². The quantitative estimate of drug-likeness (QED) is 0.477. The molecule has 0 amide bonds. The summed E-state index contributed by atoms with van der Waals surface area (Å²) in [4.78, 5) is 4.80. The molecule has 27 heavy (non-hydrogen) atoms. The van der Waals surface area contributed by atoms with Crippen molar-refractivity contribution >= 4 is 16.0 Å². The first-order valence-electron chi connectivity index (χ1n) is 9.14. The van der Waals surface area contributed by atoms with Crippen LogP contribution in [-0.4, -0.2) is 27.5 Å². The van der Waals surface area contributed by atoms with E-state index in [1.807, 2.05) is 13.0 Å². The average Bonchev–Trinajstić information content (AvgIpc) is 2.66. The number of nitrogens with zero attached hydrogens (tertiary/aromatic N) is 1. The summed E-state index contributed by atoms with van der Waals surface area (Å²) >= 11 is 0. The number of nitrogens with two attached hydrogens (primary N) is 1. The summed E-state index contributed by atoms with van der Waals surface area (Å²) in [6, 6.07) is 15.0. The van der Waals surface area contributed by atoms with Crippen LogP contribution in [0.3, 0.4) is 0 Å². The Hall–Kier alpha value is -2.38. The summed E-state index contributed by atoms with van der Waals surface area (Å²) < 4.78 is 22.6. The lowest BCUT2D eigenvalue weighted by atomic mass is 10.1. The zero-order valence-electron chi connectivity index (χ0n) is 15.9. The molecule has 2 aromatic rings. The van der Waals surface area contributed by atoms with Crippen molar-refractivity contribution in [3.05, 3.63) is 65.2 Å². The standard InChI is InChI=1S/C20H28N4O2S/c1-3-17-7-5-6-8-18(17)15-24-20(22-4-2)23-14-13-16-9-11-19(12-10-16)27(21,25)26/h5-12H,3-4,13-15H2,1-2H3,(H2,21,25,26)(H2,22,23,24). The summed E-state index contributed by atoms with van der Waals surface area (Å²) in [5, 5.41) is 11.7. The lowest BCUT2D eigenvalue weighted by Crippen LogP contribution is -2.38. The third-order valence-corrected chi connectivity index (χ3v) is 5.14. The van der Waals surface area contributed by atoms with Crippen LogP contribution in [0.2, 0.25) is 0 Å². The van der Waals surface area contributed by atoms with Gasteiger partial charge in [0.05, 0.1) is 11.4 Å². The van der Waals surface area contributed by atoms with Gasteiger partial charge in [0.1, 0.15) is 0 Å². The molecule has 6 nitrogen and oxygen atoms in total. The summed E-state index contributed by atoms with van der Waals surface area (Å²) in [6.45, 7) is 6.28. The highest BCUT2D eigenvalue weighted by molar-refractivity contribution is 7.89. The fourth-order valence-corrected chi connectivity index (χ4v) is 3.25. The molecule has 2 aromatic carbocycles. The molecule has 0 aliphatic rings. The van der Waals surface area contributed by atoms with E-state index >= 15 is 0 Å². The molecular formula is C20H28N4O2S. The Morgan fingerprint density at radius 3 is 2.26 bits per heavy atom. The van der Waals surface area contributed by atoms with E-state index in [0.717, 1.165) is 30.9 Å². The third-order valence-electron chi connectivity index (χ3n) is 4.21.